The summed E-state index contributed by atoms with van der Waals surface area (Å²) in [6.45, 7) is 39.1. The zero-order chi connectivity index (χ0) is 59.8. The number of alkyl carbamates (subject to hydrolysis) is 1. The number of carbonyl (C=O) groups is 6. The average Bonchev–Trinajstić information content (AvgIpc) is 3.52. The minimum absolute atomic E-state index is 0.0306. The Kier molecular flexibility index (Phi) is 20.5. The van der Waals surface area contributed by atoms with Gasteiger partial charge in [0.15, 0.2) is 31.9 Å². The van der Waals surface area contributed by atoms with Crippen LogP contribution in [0.2, 0.25) is 34.8 Å². The minimum Gasteiger partial charge on any atom is -0.456 e. The predicted octanol–water partition coefficient (Wildman–Crippen LogP) is 11.7. The number of hydrogen-bond donors (Lipinski definition) is 2. The zero-order valence-electron chi connectivity index (χ0n) is 51.5. The van der Waals surface area contributed by atoms with Gasteiger partial charge in [-0.2, -0.15) is 0 Å². The second-order valence-electron chi connectivity index (χ2n) is 26.3. The molecule has 2 bridgehead atoms. The normalized spacial score (nSPS) is 28.6. The lowest BCUT2D eigenvalue weighted by Crippen LogP contribution is -2.82. The van der Waals surface area contributed by atoms with Gasteiger partial charge < -0.3 is 47.7 Å². The summed E-state index contributed by atoms with van der Waals surface area (Å²) >= 11 is 0. The van der Waals surface area contributed by atoms with E-state index in [1.165, 1.54) is 6.92 Å². The van der Waals surface area contributed by atoms with Crippen LogP contribution in [-0.4, -0.2) is 124 Å². The molecule has 16 nitrogen and oxygen atoms in total. The molecule has 4 aliphatic rings. The van der Waals surface area contributed by atoms with Crippen LogP contribution in [0, 0.1) is 22.7 Å². The molecule has 2 N–H and O–H groups in total. The summed E-state index contributed by atoms with van der Waals surface area (Å²) in [6.07, 6.45) is -7.71. The first kappa shape index (κ1) is 65.6. The van der Waals surface area contributed by atoms with Crippen LogP contribution >= 0.6 is 0 Å². The van der Waals surface area contributed by atoms with Crippen LogP contribution < -0.4 is 5.32 Å². The second kappa shape index (κ2) is 24.7. The van der Waals surface area contributed by atoms with Gasteiger partial charge in [0.05, 0.1) is 35.6 Å². The Bertz CT molecular complexity index is 2420. The Morgan fingerprint density at radius 1 is 0.861 bits per heavy atom. The van der Waals surface area contributed by atoms with Crippen molar-refractivity contribution in [1.29, 1.82) is 0 Å². The molecule has 1 aromatic rings. The number of carbonyl (C=O) groups excluding carboxylic acids is 6. The number of esters is 4. The van der Waals surface area contributed by atoms with Crippen molar-refractivity contribution in [2.24, 2.45) is 22.7 Å². The molecule has 5 rings (SSSR count). The molecule has 3 fully saturated rings. The van der Waals surface area contributed by atoms with Crippen molar-refractivity contribution in [2.75, 3.05) is 6.61 Å². The number of fused-ring (bicyclic) bond motifs is 5. The highest BCUT2D eigenvalue weighted by molar-refractivity contribution is 6.77. The molecule has 0 radical (unpaired) electrons. The van der Waals surface area contributed by atoms with Gasteiger partial charge >= 0.3 is 30.0 Å². The minimum atomic E-state index is -3.03. The van der Waals surface area contributed by atoms with Crippen LogP contribution in [0.25, 0.3) is 0 Å². The number of rotatable bonds is 21. The SMILES string of the molecule is CC[Si](CC)(CC)O[C@H]1C[C@H]2OC[C@@]2(OC(C)=O)[C@H]2[C@H](OC(=O)c3ccccc3)[C@]3(O)C[C@H](OC(=O)[C@H](O[Si](C(C)C)(C(C)C)C(C)C)[C@H](C=C(C)C)NC(=O)OC(C)(C)C)C(C)=C([C@@H](OC(=O)CC(C)C)C(=O)[C@]12C)C3(C)C. The van der Waals surface area contributed by atoms with Crippen LogP contribution in [0.15, 0.2) is 53.1 Å². The number of hydrogen-bond acceptors (Lipinski definition) is 15. The maximum Gasteiger partial charge on any atom is 0.408 e. The van der Waals surface area contributed by atoms with E-state index in [0.29, 0.717) is 23.7 Å². The number of aliphatic hydroxyl groups is 1. The molecule has 18 heteroatoms. The van der Waals surface area contributed by atoms with Gasteiger partial charge in [-0.05, 0) is 112 Å². The van der Waals surface area contributed by atoms with Crippen LogP contribution in [-0.2, 0) is 56.5 Å². The average molecular weight is 1140 g/mol. The summed E-state index contributed by atoms with van der Waals surface area (Å²) in [5, 5.41) is 17.5. The second-order valence-corrected chi connectivity index (χ2v) is 36.4. The quantitative estimate of drug-likeness (QED) is 0.0508. The molecule has 0 unspecified atom stereocenters. The third-order valence-electron chi connectivity index (χ3n) is 18.1. The van der Waals surface area contributed by atoms with Gasteiger partial charge in [-0.25, -0.2) is 14.4 Å². The Morgan fingerprint density at radius 3 is 1.90 bits per heavy atom. The third kappa shape index (κ3) is 12.7. The fraction of sp³-hybridized carbons (Fsp3) is 0.738. The van der Waals surface area contributed by atoms with Crippen molar-refractivity contribution < 1.29 is 71.1 Å². The van der Waals surface area contributed by atoms with E-state index in [0.717, 1.165) is 5.57 Å². The zero-order valence-corrected chi connectivity index (χ0v) is 53.5. The molecule has 1 saturated heterocycles. The van der Waals surface area contributed by atoms with E-state index in [1.54, 1.807) is 84.9 Å². The Balaban J connectivity index is 1.92. The Hall–Kier alpha value is -4.21. The molecular formula is C61H97NO15Si2. The molecule has 444 valence electrons. The molecule has 1 aromatic carbocycles. The first-order chi connectivity index (χ1) is 36.5. The molecule has 79 heavy (non-hydrogen) atoms. The van der Waals surface area contributed by atoms with Gasteiger partial charge in [0, 0.05) is 31.6 Å². The number of benzene rings is 1. The molecule has 1 amide bonds. The van der Waals surface area contributed by atoms with E-state index in [-0.39, 0.29) is 53.1 Å². The molecule has 0 aromatic heterocycles. The van der Waals surface area contributed by atoms with Crippen molar-refractivity contribution in [3.8, 4) is 0 Å². The lowest BCUT2D eigenvalue weighted by molar-refractivity contribution is -0.344. The van der Waals surface area contributed by atoms with Crippen LogP contribution in [0.3, 0.4) is 0 Å². The van der Waals surface area contributed by atoms with E-state index >= 15 is 14.4 Å². The number of allylic oxidation sites excluding steroid dienone is 1. The van der Waals surface area contributed by atoms with Crippen molar-refractivity contribution in [3.05, 3.63) is 58.7 Å². The summed E-state index contributed by atoms with van der Waals surface area (Å²) in [4.78, 5) is 89.7. The lowest BCUT2D eigenvalue weighted by Gasteiger charge is -2.68. The van der Waals surface area contributed by atoms with Gasteiger partial charge in [-0.3, -0.25) is 14.4 Å². The lowest BCUT2D eigenvalue weighted by atomic mass is 9.44. The molecule has 2 saturated carbocycles. The summed E-state index contributed by atoms with van der Waals surface area (Å²) in [5.41, 5.74) is -7.14. The highest BCUT2D eigenvalue weighted by Gasteiger charge is 2.79. The Morgan fingerprint density at radius 2 is 1.43 bits per heavy atom. The van der Waals surface area contributed by atoms with E-state index in [9.17, 15) is 19.5 Å². The third-order valence-corrected chi connectivity index (χ3v) is 28.8. The molecule has 3 aliphatic carbocycles. The number of ether oxygens (including phenoxy) is 6. The summed E-state index contributed by atoms with van der Waals surface area (Å²) in [6, 6.07) is 9.21. The predicted molar refractivity (Wildman–Crippen MR) is 307 cm³/mol. The fourth-order valence-electron chi connectivity index (χ4n) is 13.9. The van der Waals surface area contributed by atoms with Crippen molar-refractivity contribution in [1.82, 2.24) is 5.32 Å². The first-order valence-electron chi connectivity index (χ1n) is 28.9. The maximum absolute atomic E-state index is 16.9. The number of amides is 1. The van der Waals surface area contributed by atoms with E-state index in [2.05, 4.69) is 67.6 Å². The molecule has 1 aliphatic heterocycles. The molecule has 11 atom stereocenters. The van der Waals surface area contributed by atoms with Gasteiger partial charge in [-0.15, -0.1) is 0 Å². The van der Waals surface area contributed by atoms with Gasteiger partial charge in [-0.1, -0.05) is 120 Å². The van der Waals surface area contributed by atoms with Crippen molar-refractivity contribution >= 4 is 52.4 Å². The molecule has 1 heterocycles. The molecular weight excluding hydrogens is 1040 g/mol. The van der Waals surface area contributed by atoms with E-state index < -0.39 is 135 Å². The number of Topliss-reactive ketones (excluding diaryl/α,β-unsaturated/α-hetero) is 1. The molecule has 0 spiro atoms. The van der Waals surface area contributed by atoms with E-state index in [1.807, 2.05) is 27.7 Å². The Labute approximate surface area is 473 Å². The van der Waals surface area contributed by atoms with Gasteiger partial charge in [0.25, 0.3) is 0 Å². The van der Waals surface area contributed by atoms with Gasteiger partial charge in [0.1, 0.15) is 29.5 Å². The summed E-state index contributed by atoms with van der Waals surface area (Å²) in [7, 11) is -5.71. The monoisotopic (exact) mass is 1140 g/mol. The summed E-state index contributed by atoms with van der Waals surface area (Å²) in [5.74, 6) is -5.34. The van der Waals surface area contributed by atoms with Crippen molar-refractivity contribution in [2.45, 2.75) is 259 Å². The van der Waals surface area contributed by atoms with Crippen LogP contribution in [0.4, 0.5) is 4.79 Å². The van der Waals surface area contributed by atoms with Crippen LogP contribution in [0.1, 0.15) is 175 Å². The smallest absolute Gasteiger partial charge is 0.408 e. The first-order valence-corrected chi connectivity index (χ1v) is 33.6. The maximum atomic E-state index is 16.9. The number of ketones is 1. The fourth-order valence-corrected chi connectivity index (χ4v) is 22.4. The number of nitrogens with one attached hydrogen (secondary N) is 1. The highest BCUT2D eigenvalue weighted by Crippen LogP contribution is 2.65. The van der Waals surface area contributed by atoms with Gasteiger partial charge in [0.2, 0.25) is 8.32 Å². The van der Waals surface area contributed by atoms with Crippen LogP contribution in [0.5, 0.6) is 0 Å². The topological polar surface area (TPSA) is 209 Å². The largest absolute Gasteiger partial charge is 0.456 e. The standard InChI is InChI=1S/C61H97NO15Si2/c1-22-78(23-2,24-3)76-45-32-46-60(34-70-46,74-41(15)63)51-53(73-54(66)42-28-26-25-27-29-42)61(69)33-44(40(14)48(58(61,19)20)50(52(65)59(45,51)21)72-47(64)31-36(6)7)71-55(67)49(77-79(37(8)9,38(10)11)39(12)13)43(30-35(4)5)62-56(68)75-57(16,17)18/h25-30,36-39,43-46,49-51,53,69H,22-24,31-34H2,1-21H3,(H,62,68)/t43-,44-,45-,46+,49+,50+,51-,53-,59+,60-,61+/m0/s1. The van der Waals surface area contributed by atoms with E-state index in [4.69, 9.17) is 37.3 Å². The highest BCUT2D eigenvalue weighted by atomic mass is 28.4. The summed E-state index contributed by atoms with van der Waals surface area (Å²) < 4.78 is 53.7. The van der Waals surface area contributed by atoms with Crippen molar-refractivity contribution in [3.63, 3.8) is 0 Å².